The molecule has 1 unspecified atom stereocenters. The molecule has 0 aromatic heterocycles. The van der Waals surface area contributed by atoms with Crippen molar-refractivity contribution in [2.75, 3.05) is 33.4 Å². The summed E-state index contributed by atoms with van der Waals surface area (Å²) in [6, 6.07) is 7.15. The number of carbonyl (C=O) groups is 1. The van der Waals surface area contributed by atoms with E-state index in [2.05, 4.69) is 10.2 Å². The van der Waals surface area contributed by atoms with Gasteiger partial charge in [-0.15, -0.1) is 10.1 Å². The van der Waals surface area contributed by atoms with Crippen molar-refractivity contribution in [2.24, 2.45) is 0 Å². The Labute approximate surface area is 169 Å². The summed E-state index contributed by atoms with van der Waals surface area (Å²) in [6.45, 7) is 4.46. The van der Waals surface area contributed by atoms with Crippen molar-refractivity contribution in [1.82, 2.24) is 10.2 Å². The van der Waals surface area contributed by atoms with Gasteiger partial charge in [-0.05, 0) is 38.8 Å². The summed E-state index contributed by atoms with van der Waals surface area (Å²) in [4.78, 5) is 29.4. The van der Waals surface area contributed by atoms with E-state index in [4.69, 9.17) is 9.47 Å². The fourth-order valence-corrected chi connectivity index (χ4v) is 3.11. The summed E-state index contributed by atoms with van der Waals surface area (Å²) in [6.07, 6.45) is -0.471. The molecule has 1 aromatic carbocycles. The second-order valence-electron chi connectivity index (χ2n) is 7.44. The van der Waals surface area contributed by atoms with Gasteiger partial charge in [0.2, 0.25) is 5.91 Å². The van der Waals surface area contributed by atoms with Crippen LogP contribution in [0.15, 0.2) is 24.3 Å². The molecule has 29 heavy (non-hydrogen) atoms. The number of nitrogens with zero attached hydrogens (tertiary/aromatic N) is 2. The lowest BCUT2D eigenvalue weighted by atomic mass is 10.00. The van der Waals surface area contributed by atoms with Crippen LogP contribution >= 0.6 is 0 Å². The van der Waals surface area contributed by atoms with Crippen LogP contribution in [0.2, 0.25) is 0 Å². The molecule has 1 heterocycles. The van der Waals surface area contributed by atoms with Gasteiger partial charge in [-0.1, -0.05) is 12.1 Å². The van der Waals surface area contributed by atoms with Gasteiger partial charge in [0.15, 0.2) is 11.5 Å². The number of rotatable bonds is 10. The summed E-state index contributed by atoms with van der Waals surface area (Å²) in [5.41, 5.74) is -0.901. The Kier molecular flexibility index (Phi) is 8.03. The van der Waals surface area contributed by atoms with Gasteiger partial charge < -0.3 is 29.6 Å². The minimum absolute atomic E-state index is 0.0429. The van der Waals surface area contributed by atoms with Gasteiger partial charge in [-0.2, -0.15) is 0 Å². The molecule has 1 aromatic rings. The maximum atomic E-state index is 12.8. The van der Waals surface area contributed by atoms with Crippen LogP contribution in [-0.2, 0) is 9.63 Å². The van der Waals surface area contributed by atoms with Crippen molar-refractivity contribution in [1.29, 1.82) is 0 Å². The molecule has 162 valence electrons. The first-order chi connectivity index (χ1) is 13.7. The maximum Gasteiger partial charge on any atom is 0.294 e. The number of hydrogen-bond acceptors (Lipinski definition) is 8. The van der Waals surface area contributed by atoms with E-state index in [-0.39, 0.29) is 19.1 Å². The summed E-state index contributed by atoms with van der Waals surface area (Å²) in [5, 5.41) is 22.9. The normalized spacial score (nSPS) is 16.2. The summed E-state index contributed by atoms with van der Waals surface area (Å²) < 4.78 is 10.8. The zero-order valence-corrected chi connectivity index (χ0v) is 17.0. The predicted molar refractivity (Wildman–Crippen MR) is 104 cm³/mol. The molecule has 0 bridgehead atoms. The first-order valence-electron chi connectivity index (χ1n) is 9.52. The Morgan fingerprint density at radius 1 is 1.34 bits per heavy atom. The van der Waals surface area contributed by atoms with Gasteiger partial charge in [-0.3, -0.25) is 4.79 Å². The molecule has 2 N–H and O–H groups in total. The van der Waals surface area contributed by atoms with Gasteiger partial charge in [0.1, 0.15) is 18.8 Å². The third-order valence-electron chi connectivity index (χ3n) is 4.78. The number of benzene rings is 1. The topological polar surface area (TPSA) is 123 Å². The Bertz CT molecular complexity index is 690. The van der Waals surface area contributed by atoms with Gasteiger partial charge in [0.05, 0.1) is 12.6 Å². The molecule has 10 heteroatoms. The van der Waals surface area contributed by atoms with Crippen molar-refractivity contribution in [2.45, 2.75) is 44.4 Å². The molecule has 1 saturated heterocycles. The fraction of sp³-hybridized carbons (Fsp3) is 0.632. The Balaban J connectivity index is 1.78. The molecule has 0 radical (unpaired) electrons. The van der Waals surface area contributed by atoms with Crippen LogP contribution < -0.4 is 14.8 Å². The Hall–Kier alpha value is -2.59. The number of β-amino-alcohol motifs (C(OH)–C–C–N with tert-alkyl or cyclic N) is 1. The molecule has 1 fully saturated rings. The molecular weight excluding hydrogens is 382 g/mol. The summed E-state index contributed by atoms with van der Waals surface area (Å²) in [5.74, 6) is 0.978. The van der Waals surface area contributed by atoms with E-state index in [0.717, 1.165) is 0 Å². The van der Waals surface area contributed by atoms with Crippen molar-refractivity contribution in [3.05, 3.63) is 34.4 Å². The number of hydrogen-bond donors (Lipinski definition) is 2. The number of methoxy groups -OCH3 is 1. The number of likely N-dealkylation sites (tertiary alicyclic amines) is 1. The van der Waals surface area contributed by atoms with Crippen LogP contribution in [0.3, 0.4) is 0 Å². The second kappa shape index (κ2) is 10.3. The minimum Gasteiger partial charge on any atom is -0.493 e. The summed E-state index contributed by atoms with van der Waals surface area (Å²) >= 11 is 0. The van der Waals surface area contributed by atoms with Crippen LogP contribution in [0.5, 0.6) is 11.5 Å². The quantitative estimate of drug-likeness (QED) is 0.432. The van der Waals surface area contributed by atoms with Crippen molar-refractivity contribution >= 4 is 5.91 Å². The smallest absolute Gasteiger partial charge is 0.294 e. The molecule has 0 spiro atoms. The van der Waals surface area contributed by atoms with E-state index in [9.17, 15) is 20.0 Å². The van der Waals surface area contributed by atoms with Crippen molar-refractivity contribution < 1.29 is 29.3 Å². The molecule has 2 rings (SSSR count). The highest BCUT2D eigenvalue weighted by atomic mass is 17.0. The zero-order chi connectivity index (χ0) is 21.4. The molecule has 1 aliphatic heterocycles. The Morgan fingerprint density at radius 2 is 1.97 bits per heavy atom. The molecule has 1 amide bonds. The lowest BCUT2D eigenvalue weighted by Gasteiger charge is -2.37. The standard InChI is InChI=1S/C19H29N3O7/c1-19(2,18(24)21-10-8-15(9-11-21)29-22(25)26)20-12-14(23)13-28-17-7-5-4-6-16(17)27-3/h4-7,14-15,20,23H,8-13H2,1-3H3. The molecule has 1 aliphatic rings. The highest BCUT2D eigenvalue weighted by Crippen LogP contribution is 2.25. The number of nitrogens with one attached hydrogen (secondary N) is 1. The lowest BCUT2D eigenvalue weighted by molar-refractivity contribution is -0.769. The van der Waals surface area contributed by atoms with Gasteiger partial charge in [0.25, 0.3) is 5.09 Å². The molecule has 0 saturated carbocycles. The largest absolute Gasteiger partial charge is 0.493 e. The average molecular weight is 411 g/mol. The van der Waals surface area contributed by atoms with E-state index >= 15 is 0 Å². The van der Waals surface area contributed by atoms with Crippen molar-refractivity contribution in [3.63, 3.8) is 0 Å². The number of carbonyl (C=O) groups excluding carboxylic acids is 1. The first kappa shape index (κ1) is 22.7. The monoisotopic (exact) mass is 411 g/mol. The second-order valence-corrected chi connectivity index (χ2v) is 7.44. The third kappa shape index (κ3) is 6.75. The van der Waals surface area contributed by atoms with Crippen LogP contribution in [0.4, 0.5) is 0 Å². The molecule has 10 nitrogen and oxygen atoms in total. The fourth-order valence-electron chi connectivity index (χ4n) is 3.11. The number of para-hydroxylation sites is 2. The molecule has 0 aliphatic carbocycles. The van der Waals surface area contributed by atoms with Gasteiger partial charge in [0, 0.05) is 19.6 Å². The number of aliphatic hydroxyl groups excluding tert-OH is 1. The van der Waals surface area contributed by atoms with Crippen LogP contribution in [0, 0.1) is 10.1 Å². The number of amides is 1. The highest BCUT2D eigenvalue weighted by molar-refractivity contribution is 5.85. The predicted octanol–water partition coefficient (Wildman–Crippen LogP) is 1.00. The van der Waals surface area contributed by atoms with Crippen LogP contribution in [-0.4, -0.2) is 72.1 Å². The van der Waals surface area contributed by atoms with E-state index in [1.165, 1.54) is 0 Å². The van der Waals surface area contributed by atoms with E-state index in [1.54, 1.807) is 38.0 Å². The SMILES string of the molecule is COc1ccccc1OCC(O)CNC(C)(C)C(=O)N1CCC(O[N+](=O)[O-])CC1. The van der Waals surface area contributed by atoms with E-state index in [1.807, 2.05) is 12.1 Å². The van der Waals surface area contributed by atoms with Gasteiger partial charge in [-0.25, -0.2) is 0 Å². The Morgan fingerprint density at radius 3 is 2.55 bits per heavy atom. The average Bonchev–Trinajstić information content (AvgIpc) is 2.70. The number of aliphatic hydroxyl groups is 1. The first-order valence-corrected chi connectivity index (χ1v) is 9.52. The lowest BCUT2D eigenvalue weighted by Crippen LogP contribution is -2.57. The van der Waals surface area contributed by atoms with E-state index in [0.29, 0.717) is 37.4 Å². The number of ether oxygens (including phenoxy) is 2. The maximum absolute atomic E-state index is 12.8. The van der Waals surface area contributed by atoms with Crippen LogP contribution in [0.25, 0.3) is 0 Å². The third-order valence-corrected chi connectivity index (χ3v) is 4.78. The zero-order valence-electron chi connectivity index (χ0n) is 17.0. The molecular formula is C19H29N3O7. The summed E-state index contributed by atoms with van der Waals surface area (Å²) in [7, 11) is 1.54. The minimum atomic E-state index is -0.901. The molecule has 1 atom stereocenters. The van der Waals surface area contributed by atoms with Gasteiger partial charge >= 0.3 is 0 Å². The number of piperidine rings is 1. The highest BCUT2D eigenvalue weighted by Gasteiger charge is 2.34. The van der Waals surface area contributed by atoms with Crippen LogP contribution in [0.1, 0.15) is 26.7 Å². The van der Waals surface area contributed by atoms with Crippen molar-refractivity contribution in [3.8, 4) is 11.5 Å². The van der Waals surface area contributed by atoms with E-state index < -0.39 is 22.8 Å².